The molecule has 198 valence electrons. The van der Waals surface area contributed by atoms with E-state index < -0.39 is 54.3 Å². The summed E-state index contributed by atoms with van der Waals surface area (Å²) in [5.41, 5.74) is 1.78. The number of carboxylic acids is 1. The van der Waals surface area contributed by atoms with Gasteiger partial charge < -0.3 is 20.3 Å². The van der Waals surface area contributed by atoms with Crippen molar-refractivity contribution in [2.24, 2.45) is 0 Å². The second kappa shape index (κ2) is 12.6. The topological polar surface area (TPSA) is 135 Å². The van der Waals surface area contributed by atoms with Gasteiger partial charge in [-0.2, -0.15) is 0 Å². The zero-order valence-electron chi connectivity index (χ0n) is 20.9. The second-order valence-electron chi connectivity index (χ2n) is 8.82. The van der Waals surface area contributed by atoms with Crippen molar-refractivity contribution >= 4 is 29.3 Å². The number of ketones is 1. The third-order valence-corrected chi connectivity index (χ3v) is 6.06. The number of nitrogens with one attached hydrogen (secondary N) is 2. The summed E-state index contributed by atoms with van der Waals surface area (Å²) in [6.45, 7) is 2.09. The van der Waals surface area contributed by atoms with E-state index in [4.69, 9.17) is 5.11 Å². The minimum atomic E-state index is -1.61. The number of anilines is 1. The first-order valence-corrected chi connectivity index (χ1v) is 11.9. The lowest BCUT2D eigenvalue weighted by atomic mass is 10.0. The number of aryl methyl sites for hydroxylation is 2. The molecule has 0 saturated carbocycles. The highest BCUT2D eigenvalue weighted by Crippen LogP contribution is 2.18. The molecule has 1 aromatic heterocycles. The third-order valence-electron chi connectivity index (χ3n) is 6.06. The summed E-state index contributed by atoms with van der Waals surface area (Å²) in [7, 11) is 0. The number of carbonyl (C=O) groups excluding carboxylic acids is 3. The number of halogens is 1. The maximum Gasteiger partial charge on any atom is 0.305 e. The van der Waals surface area contributed by atoms with E-state index >= 15 is 0 Å². The van der Waals surface area contributed by atoms with Crippen LogP contribution in [0.5, 0.6) is 0 Å². The van der Waals surface area contributed by atoms with Crippen molar-refractivity contribution in [3.63, 3.8) is 0 Å². The van der Waals surface area contributed by atoms with Crippen molar-refractivity contribution in [3.05, 3.63) is 99.5 Å². The molecule has 10 heteroatoms. The standard InChI is InChI=1S/C28H28FN3O6/c1-17-8-6-9-18(2)25(17)27(37)30-20-12-7-13-32(28(20)38)22(14-19-10-4-3-5-11-19)26(36)31-21(15-24(34)35)23(33)16-29/h3-13,21-22H,14-16H2,1-2H3,(H,30,37)(H,31,36)(H,34,35)/t21?,22-/m0/s1. The maximum atomic E-state index is 13.4. The van der Waals surface area contributed by atoms with Crippen LogP contribution in [0.2, 0.25) is 0 Å². The van der Waals surface area contributed by atoms with Crippen LogP contribution in [-0.2, 0) is 20.8 Å². The zero-order valence-corrected chi connectivity index (χ0v) is 20.9. The van der Waals surface area contributed by atoms with Crippen molar-refractivity contribution in [2.45, 2.75) is 38.8 Å². The van der Waals surface area contributed by atoms with Crippen LogP contribution in [0.3, 0.4) is 0 Å². The molecule has 0 spiro atoms. The highest BCUT2D eigenvalue weighted by atomic mass is 19.1. The first-order chi connectivity index (χ1) is 18.1. The first-order valence-electron chi connectivity index (χ1n) is 11.9. The Labute approximate surface area is 218 Å². The number of rotatable bonds is 11. The van der Waals surface area contributed by atoms with Crippen LogP contribution in [0.25, 0.3) is 0 Å². The number of nitrogens with zero attached hydrogens (tertiary/aromatic N) is 1. The molecular weight excluding hydrogens is 493 g/mol. The van der Waals surface area contributed by atoms with Gasteiger partial charge in [-0.3, -0.25) is 24.0 Å². The molecule has 0 fully saturated rings. The summed E-state index contributed by atoms with van der Waals surface area (Å²) >= 11 is 0. The van der Waals surface area contributed by atoms with Crippen molar-refractivity contribution in [1.82, 2.24) is 9.88 Å². The minimum absolute atomic E-state index is 0.00445. The van der Waals surface area contributed by atoms with Crippen LogP contribution in [-0.4, -0.2) is 46.0 Å². The number of Topliss-reactive ketones (excluding diaryl/α,β-unsaturated/α-hetero) is 1. The molecule has 0 aliphatic rings. The number of benzene rings is 2. The van der Waals surface area contributed by atoms with Crippen LogP contribution in [0.15, 0.2) is 71.7 Å². The molecule has 9 nitrogen and oxygen atoms in total. The third kappa shape index (κ3) is 6.78. The largest absolute Gasteiger partial charge is 0.481 e. The van der Waals surface area contributed by atoms with Crippen molar-refractivity contribution in [2.75, 3.05) is 12.0 Å². The summed E-state index contributed by atoms with van der Waals surface area (Å²) < 4.78 is 14.2. The predicted octanol–water partition coefficient (Wildman–Crippen LogP) is 3.00. The van der Waals surface area contributed by atoms with Gasteiger partial charge in [0.15, 0.2) is 5.78 Å². The predicted molar refractivity (Wildman–Crippen MR) is 139 cm³/mol. The molecule has 0 radical (unpaired) electrons. The fourth-order valence-electron chi connectivity index (χ4n) is 4.14. The number of carbonyl (C=O) groups is 4. The van der Waals surface area contributed by atoms with Crippen LogP contribution >= 0.6 is 0 Å². The van der Waals surface area contributed by atoms with Crippen LogP contribution in [0.4, 0.5) is 10.1 Å². The monoisotopic (exact) mass is 521 g/mol. The van der Waals surface area contributed by atoms with Gasteiger partial charge in [-0.05, 0) is 42.7 Å². The van der Waals surface area contributed by atoms with Gasteiger partial charge in [-0.25, -0.2) is 4.39 Å². The van der Waals surface area contributed by atoms with Gasteiger partial charge in [-0.15, -0.1) is 0 Å². The van der Waals surface area contributed by atoms with E-state index in [1.54, 1.807) is 56.3 Å². The fourth-order valence-corrected chi connectivity index (χ4v) is 4.14. The zero-order chi connectivity index (χ0) is 27.8. The Hall–Kier alpha value is -4.60. The van der Waals surface area contributed by atoms with Crippen LogP contribution < -0.4 is 16.2 Å². The van der Waals surface area contributed by atoms with E-state index in [9.17, 15) is 28.4 Å². The van der Waals surface area contributed by atoms with E-state index in [2.05, 4.69) is 10.6 Å². The van der Waals surface area contributed by atoms with Gasteiger partial charge in [0.05, 0.1) is 6.42 Å². The minimum Gasteiger partial charge on any atom is -0.481 e. The van der Waals surface area contributed by atoms with E-state index in [0.29, 0.717) is 11.1 Å². The van der Waals surface area contributed by atoms with Gasteiger partial charge in [0.1, 0.15) is 24.4 Å². The Kier molecular flexibility index (Phi) is 9.26. The number of carboxylic acid groups (broad SMARTS) is 1. The number of aromatic nitrogens is 1. The molecule has 2 atom stereocenters. The molecule has 38 heavy (non-hydrogen) atoms. The summed E-state index contributed by atoms with van der Waals surface area (Å²) in [4.78, 5) is 62.9. The van der Waals surface area contributed by atoms with E-state index in [1.165, 1.54) is 18.3 Å². The molecule has 3 rings (SSSR count). The van der Waals surface area contributed by atoms with Gasteiger partial charge in [0.25, 0.3) is 11.5 Å². The molecule has 1 unspecified atom stereocenters. The van der Waals surface area contributed by atoms with Crippen LogP contribution in [0.1, 0.15) is 39.5 Å². The molecule has 0 aliphatic heterocycles. The van der Waals surface area contributed by atoms with E-state index in [1.807, 2.05) is 6.07 Å². The molecule has 2 aromatic carbocycles. The maximum absolute atomic E-state index is 13.4. The highest BCUT2D eigenvalue weighted by molar-refractivity contribution is 6.06. The normalized spacial score (nSPS) is 12.3. The number of aliphatic carboxylic acids is 1. The molecule has 2 amide bonds. The second-order valence-corrected chi connectivity index (χ2v) is 8.82. The number of hydrogen-bond acceptors (Lipinski definition) is 5. The Bertz CT molecular complexity index is 1380. The average molecular weight is 522 g/mol. The van der Waals surface area contributed by atoms with Gasteiger partial charge in [0.2, 0.25) is 5.91 Å². The molecule has 1 heterocycles. The lowest BCUT2D eigenvalue weighted by Gasteiger charge is -2.23. The molecule has 0 saturated heterocycles. The summed E-state index contributed by atoms with van der Waals surface area (Å²) in [6, 6.07) is 14.1. The molecule has 3 N–H and O–H groups in total. The van der Waals surface area contributed by atoms with Crippen molar-refractivity contribution < 1.29 is 28.7 Å². The van der Waals surface area contributed by atoms with Crippen LogP contribution in [0, 0.1) is 13.8 Å². The molecule has 0 bridgehead atoms. The summed E-state index contributed by atoms with van der Waals surface area (Å²) in [6.07, 6.45) is 0.547. The molecule has 0 aliphatic carbocycles. The Morgan fingerprint density at radius 1 is 0.947 bits per heavy atom. The number of hydrogen-bond donors (Lipinski definition) is 3. The Balaban J connectivity index is 1.99. The first kappa shape index (κ1) is 28.0. The molecule has 3 aromatic rings. The smallest absolute Gasteiger partial charge is 0.305 e. The van der Waals surface area contributed by atoms with E-state index in [0.717, 1.165) is 15.7 Å². The van der Waals surface area contributed by atoms with Gasteiger partial charge >= 0.3 is 5.97 Å². The lowest BCUT2D eigenvalue weighted by molar-refractivity contribution is -0.140. The van der Waals surface area contributed by atoms with Gasteiger partial charge in [-0.1, -0.05) is 48.5 Å². The SMILES string of the molecule is Cc1cccc(C)c1C(=O)Nc1cccn([C@@H](Cc2ccccc2)C(=O)NC(CC(=O)O)C(=O)CF)c1=O. The summed E-state index contributed by atoms with van der Waals surface area (Å²) in [5, 5.41) is 14.0. The molecular formula is C28H28FN3O6. The van der Waals surface area contributed by atoms with E-state index in [-0.39, 0.29) is 12.1 Å². The fraction of sp³-hybridized carbons (Fsp3) is 0.250. The lowest BCUT2D eigenvalue weighted by Crippen LogP contribution is -2.47. The number of amides is 2. The highest BCUT2D eigenvalue weighted by Gasteiger charge is 2.29. The summed E-state index contributed by atoms with van der Waals surface area (Å²) in [5.74, 6) is -3.83. The average Bonchev–Trinajstić information content (AvgIpc) is 2.88. The van der Waals surface area contributed by atoms with Crippen molar-refractivity contribution in [1.29, 1.82) is 0 Å². The number of alkyl halides is 1. The van der Waals surface area contributed by atoms with Gasteiger partial charge in [0, 0.05) is 18.2 Å². The Morgan fingerprint density at radius 2 is 1.61 bits per heavy atom. The number of pyridine rings is 1. The Morgan fingerprint density at radius 3 is 2.21 bits per heavy atom. The van der Waals surface area contributed by atoms with Crippen molar-refractivity contribution in [3.8, 4) is 0 Å². The quantitative estimate of drug-likeness (QED) is 0.355.